The Morgan fingerprint density at radius 1 is 0.960 bits per heavy atom. The maximum absolute atomic E-state index is 3.52. The molecule has 0 aromatic heterocycles. The Morgan fingerprint density at radius 3 is 2.64 bits per heavy atom. The van der Waals surface area contributed by atoms with Gasteiger partial charge in [0.2, 0.25) is 0 Å². The van der Waals surface area contributed by atoms with Crippen LogP contribution < -0.4 is 10.2 Å². The highest BCUT2D eigenvalue weighted by atomic mass is 15.1. The monoisotopic (exact) mass is 330 g/mol. The van der Waals surface area contributed by atoms with Crippen LogP contribution in [0.1, 0.15) is 12.0 Å². The molecule has 1 aromatic carbocycles. The molecule has 0 saturated carbocycles. The zero-order chi connectivity index (χ0) is 16.8. The summed E-state index contributed by atoms with van der Waals surface area (Å²) in [6.45, 7) is 6.55. The second-order valence-electron chi connectivity index (χ2n) is 7.97. The predicted molar refractivity (Wildman–Crippen MR) is 105 cm³/mol. The van der Waals surface area contributed by atoms with E-state index in [1.165, 1.54) is 28.0 Å². The van der Waals surface area contributed by atoms with Gasteiger partial charge in [-0.25, -0.2) is 0 Å². The fourth-order valence-corrected chi connectivity index (χ4v) is 4.67. The molecule has 1 aromatic rings. The molecule has 2 aliphatic heterocycles. The lowest BCUT2D eigenvalue weighted by Crippen LogP contribution is -2.17. The molecule has 3 unspecified atom stereocenters. The summed E-state index contributed by atoms with van der Waals surface area (Å²) in [6.07, 6.45) is 13.6. The van der Waals surface area contributed by atoms with Gasteiger partial charge in [0, 0.05) is 37.8 Å². The van der Waals surface area contributed by atoms with E-state index < -0.39 is 0 Å². The summed E-state index contributed by atoms with van der Waals surface area (Å²) in [5.74, 6) is 1.99. The number of fused-ring (bicyclic) bond motifs is 2. The van der Waals surface area contributed by atoms with E-state index in [2.05, 4.69) is 71.8 Å². The van der Waals surface area contributed by atoms with Crippen molar-refractivity contribution in [2.45, 2.75) is 13.3 Å². The summed E-state index contributed by atoms with van der Waals surface area (Å²) in [5, 5.41) is 3.52. The van der Waals surface area contributed by atoms with Gasteiger partial charge in [-0.3, -0.25) is 0 Å². The molecule has 0 bridgehead atoms. The Bertz CT molecular complexity index is 794. The van der Waals surface area contributed by atoms with Crippen LogP contribution in [-0.4, -0.2) is 26.2 Å². The molecule has 0 amide bonds. The molecule has 2 nitrogen and oxygen atoms in total. The average molecular weight is 330 g/mol. The predicted octanol–water partition coefficient (Wildman–Crippen LogP) is 4.02. The zero-order valence-electron chi connectivity index (χ0n) is 14.9. The van der Waals surface area contributed by atoms with Gasteiger partial charge in [-0.05, 0) is 54.0 Å². The summed E-state index contributed by atoms with van der Waals surface area (Å²) >= 11 is 0. The van der Waals surface area contributed by atoms with Gasteiger partial charge in [-0.15, -0.1) is 0 Å². The first-order valence-electron chi connectivity index (χ1n) is 9.58. The van der Waals surface area contributed by atoms with E-state index in [0.29, 0.717) is 11.8 Å². The molecule has 128 valence electrons. The van der Waals surface area contributed by atoms with Gasteiger partial charge in [-0.1, -0.05) is 48.1 Å². The van der Waals surface area contributed by atoms with Gasteiger partial charge >= 0.3 is 0 Å². The fraction of sp³-hybridized carbons (Fsp3) is 0.391. The van der Waals surface area contributed by atoms with Crippen molar-refractivity contribution in [3.8, 4) is 0 Å². The van der Waals surface area contributed by atoms with Crippen molar-refractivity contribution in [1.82, 2.24) is 5.32 Å². The van der Waals surface area contributed by atoms with Crippen LogP contribution in [0.2, 0.25) is 0 Å². The minimum Gasteiger partial charge on any atom is -0.363 e. The largest absolute Gasteiger partial charge is 0.363 e. The van der Waals surface area contributed by atoms with Crippen LogP contribution in [0, 0.1) is 24.7 Å². The molecule has 0 radical (unpaired) electrons. The summed E-state index contributed by atoms with van der Waals surface area (Å²) in [6, 6.07) is 8.94. The Hall–Kier alpha value is -2.06. The van der Waals surface area contributed by atoms with Crippen LogP contribution in [-0.2, 0) is 0 Å². The number of anilines is 1. The van der Waals surface area contributed by atoms with E-state index in [0.717, 1.165) is 38.5 Å². The van der Waals surface area contributed by atoms with Crippen LogP contribution >= 0.6 is 0 Å². The van der Waals surface area contributed by atoms with E-state index in [4.69, 9.17) is 0 Å². The maximum Gasteiger partial charge on any atom is 0.0433 e. The van der Waals surface area contributed by atoms with Crippen molar-refractivity contribution in [3.63, 3.8) is 0 Å². The molecular weight excluding hydrogens is 304 g/mol. The fourth-order valence-electron chi connectivity index (χ4n) is 4.67. The Morgan fingerprint density at radius 2 is 1.76 bits per heavy atom. The minimum atomic E-state index is 0.564. The standard InChI is InChI=1S/C23H26N2/c1-16-2-8-23(9-3-16)25-14-20-7-5-18(11-22(20)15-25)17-4-6-19-12-24-13-21(19)10-17/h2-4,6-11,18-19,21,24H,5,12-15H2,1H3. The van der Waals surface area contributed by atoms with Crippen molar-refractivity contribution in [2.24, 2.45) is 17.8 Å². The number of hydrogen-bond acceptors (Lipinski definition) is 2. The van der Waals surface area contributed by atoms with E-state index >= 15 is 0 Å². The van der Waals surface area contributed by atoms with Gasteiger partial charge in [-0.2, -0.15) is 0 Å². The molecule has 3 atom stereocenters. The highest BCUT2D eigenvalue weighted by molar-refractivity contribution is 5.58. The number of benzene rings is 1. The number of aryl methyl sites for hydroxylation is 1. The molecule has 2 aliphatic carbocycles. The summed E-state index contributed by atoms with van der Waals surface area (Å²) in [5.41, 5.74) is 7.28. The van der Waals surface area contributed by atoms with E-state index in [1.54, 1.807) is 0 Å². The lowest BCUT2D eigenvalue weighted by atomic mass is 9.80. The van der Waals surface area contributed by atoms with Crippen LogP contribution in [0.4, 0.5) is 5.69 Å². The van der Waals surface area contributed by atoms with Gasteiger partial charge in [0.15, 0.2) is 0 Å². The minimum absolute atomic E-state index is 0.564. The lowest BCUT2D eigenvalue weighted by Gasteiger charge is -2.24. The van der Waals surface area contributed by atoms with Crippen molar-refractivity contribution >= 4 is 5.69 Å². The van der Waals surface area contributed by atoms with Crippen molar-refractivity contribution < 1.29 is 0 Å². The lowest BCUT2D eigenvalue weighted by molar-refractivity contribution is 0.578. The molecule has 2 fully saturated rings. The van der Waals surface area contributed by atoms with E-state index in [9.17, 15) is 0 Å². The van der Waals surface area contributed by atoms with Gasteiger partial charge < -0.3 is 10.2 Å². The highest BCUT2D eigenvalue weighted by Crippen LogP contribution is 2.37. The first kappa shape index (κ1) is 15.2. The molecular formula is C23H26N2. The molecule has 25 heavy (non-hydrogen) atoms. The Balaban J connectivity index is 1.35. The number of allylic oxidation sites excluding steroid dienone is 4. The molecule has 4 aliphatic rings. The Labute approximate surface area is 150 Å². The normalized spacial score (nSPS) is 30.5. The van der Waals surface area contributed by atoms with Gasteiger partial charge in [0.25, 0.3) is 0 Å². The first-order valence-corrected chi connectivity index (χ1v) is 9.58. The van der Waals surface area contributed by atoms with Crippen LogP contribution in [0.25, 0.3) is 0 Å². The average Bonchev–Trinajstić information content (AvgIpc) is 3.27. The Kier molecular flexibility index (Phi) is 3.67. The van der Waals surface area contributed by atoms with E-state index in [-0.39, 0.29) is 0 Å². The third-order valence-corrected chi connectivity index (χ3v) is 6.24. The van der Waals surface area contributed by atoms with E-state index in [1.807, 2.05) is 0 Å². The van der Waals surface area contributed by atoms with Gasteiger partial charge in [0.1, 0.15) is 0 Å². The topological polar surface area (TPSA) is 15.3 Å². The third-order valence-electron chi connectivity index (χ3n) is 6.24. The zero-order valence-corrected chi connectivity index (χ0v) is 14.9. The van der Waals surface area contributed by atoms with Crippen LogP contribution in [0.5, 0.6) is 0 Å². The van der Waals surface area contributed by atoms with Crippen LogP contribution in [0.3, 0.4) is 0 Å². The molecule has 2 heterocycles. The maximum atomic E-state index is 3.52. The SMILES string of the molecule is Cc1ccc(N2CC3=CCC(C4=CC5CNCC5C=C4)C=C3C2)cc1. The van der Waals surface area contributed by atoms with Gasteiger partial charge in [0.05, 0.1) is 0 Å². The second-order valence-corrected chi connectivity index (χ2v) is 7.97. The number of nitrogens with one attached hydrogen (secondary N) is 1. The van der Waals surface area contributed by atoms with Crippen LogP contribution in [0.15, 0.2) is 71.4 Å². The number of rotatable bonds is 2. The highest BCUT2D eigenvalue weighted by Gasteiger charge is 2.30. The first-order chi connectivity index (χ1) is 12.3. The molecule has 1 N–H and O–H groups in total. The number of hydrogen-bond donors (Lipinski definition) is 1. The van der Waals surface area contributed by atoms with Crippen molar-refractivity contribution in [1.29, 1.82) is 0 Å². The summed E-state index contributed by atoms with van der Waals surface area (Å²) in [7, 11) is 0. The second kappa shape index (κ2) is 6.03. The molecule has 5 rings (SSSR count). The molecule has 2 heteroatoms. The molecule has 2 saturated heterocycles. The smallest absolute Gasteiger partial charge is 0.0433 e. The molecule has 0 spiro atoms. The summed E-state index contributed by atoms with van der Waals surface area (Å²) in [4.78, 5) is 2.50. The van der Waals surface area contributed by atoms with Crippen molar-refractivity contribution in [3.05, 3.63) is 76.9 Å². The number of nitrogens with zero attached hydrogens (tertiary/aromatic N) is 1. The quantitative estimate of drug-likeness (QED) is 0.881. The third kappa shape index (κ3) is 2.79. The van der Waals surface area contributed by atoms with Crippen molar-refractivity contribution in [2.75, 3.05) is 31.1 Å². The summed E-state index contributed by atoms with van der Waals surface area (Å²) < 4.78 is 0.